The van der Waals surface area contributed by atoms with Crippen LogP contribution in [0.25, 0.3) is 0 Å². The van der Waals surface area contributed by atoms with Gasteiger partial charge in [0.2, 0.25) is 0 Å². The summed E-state index contributed by atoms with van der Waals surface area (Å²) in [6.45, 7) is 4.14. The van der Waals surface area contributed by atoms with Crippen LogP contribution in [0.3, 0.4) is 0 Å². The quantitative estimate of drug-likeness (QED) is 0.335. The van der Waals surface area contributed by atoms with Crippen molar-refractivity contribution < 1.29 is 23.0 Å². The summed E-state index contributed by atoms with van der Waals surface area (Å²) in [6.07, 6.45) is 1.91. The SMILES string of the molecule is CCNC(=NCc1cc(OC)ccc1OC(F)F)NCCCCOCC. The molecule has 0 aliphatic heterocycles. The van der Waals surface area contributed by atoms with E-state index in [4.69, 9.17) is 9.47 Å². The van der Waals surface area contributed by atoms with Crippen LogP contribution in [-0.2, 0) is 11.3 Å². The lowest BCUT2D eigenvalue weighted by molar-refractivity contribution is -0.0504. The average Bonchev–Trinajstić information content (AvgIpc) is 2.63. The molecule has 0 aromatic heterocycles. The number of hydrogen-bond acceptors (Lipinski definition) is 4. The third-order valence-corrected chi connectivity index (χ3v) is 3.45. The van der Waals surface area contributed by atoms with Crippen LogP contribution < -0.4 is 20.1 Å². The van der Waals surface area contributed by atoms with E-state index < -0.39 is 6.61 Å². The van der Waals surface area contributed by atoms with Crippen molar-refractivity contribution in [2.24, 2.45) is 4.99 Å². The Bertz CT molecular complexity index is 542. The molecule has 0 radical (unpaired) electrons. The minimum Gasteiger partial charge on any atom is -0.497 e. The molecule has 0 bridgehead atoms. The van der Waals surface area contributed by atoms with Crippen molar-refractivity contribution in [1.29, 1.82) is 0 Å². The number of guanidine groups is 1. The van der Waals surface area contributed by atoms with E-state index >= 15 is 0 Å². The van der Waals surface area contributed by atoms with Crippen molar-refractivity contribution in [2.45, 2.75) is 39.8 Å². The number of aliphatic imine (C=N–C) groups is 1. The topological polar surface area (TPSA) is 64.1 Å². The Morgan fingerprint density at radius 3 is 2.65 bits per heavy atom. The summed E-state index contributed by atoms with van der Waals surface area (Å²) < 4.78 is 40.2. The van der Waals surface area contributed by atoms with E-state index in [1.807, 2.05) is 13.8 Å². The Morgan fingerprint density at radius 1 is 1.19 bits per heavy atom. The zero-order chi connectivity index (χ0) is 19.2. The second-order valence-corrected chi connectivity index (χ2v) is 5.38. The number of hydrogen-bond donors (Lipinski definition) is 2. The number of methoxy groups -OCH3 is 1. The molecule has 1 aromatic rings. The molecular formula is C18H29F2N3O3. The van der Waals surface area contributed by atoms with Gasteiger partial charge < -0.3 is 24.8 Å². The van der Waals surface area contributed by atoms with Crippen molar-refractivity contribution in [1.82, 2.24) is 10.6 Å². The number of rotatable bonds is 12. The van der Waals surface area contributed by atoms with Crippen LogP contribution in [0.15, 0.2) is 23.2 Å². The highest BCUT2D eigenvalue weighted by Crippen LogP contribution is 2.26. The molecule has 2 N–H and O–H groups in total. The van der Waals surface area contributed by atoms with Crippen molar-refractivity contribution >= 4 is 5.96 Å². The van der Waals surface area contributed by atoms with Gasteiger partial charge >= 0.3 is 6.61 Å². The van der Waals surface area contributed by atoms with E-state index in [0.29, 0.717) is 23.8 Å². The maximum Gasteiger partial charge on any atom is 0.387 e. The summed E-state index contributed by atoms with van der Waals surface area (Å²) >= 11 is 0. The average molecular weight is 373 g/mol. The molecule has 1 aromatic carbocycles. The molecule has 8 heteroatoms. The predicted octanol–water partition coefficient (Wildman–Crippen LogP) is 3.17. The van der Waals surface area contributed by atoms with Gasteiger partial charge in [-0.15, -0.1) is 0 Å². The molecule has 0 unspecified atom stereocenters. The summed E-state index contributed by atoms with van der Waals surface area (Å²) in [6, 6.07) is 4.68. The fourth-order valence-electron chi connectivity index (χ4n) is 2.20. The van der Waals surface area contributed by atoms with E-state index in [0.717, 1.165) is 32.6 Å². The highest BCUT2D eigenvalue weighted by Gasteiger charge is 2.11. The first-order chi connectivity index (χ1) is 12.6. The number of ether oxygens (including phenoxy) is 3. The van der Waals surface area contributed by atoms with Gasteiger partial charge in [0.15, 0.2) is 5.96 Å². The summed E-state index contributed by atoms with van der Waals surface area (Å²) in [7, 11) is 1.52. The standard InChI is InChI=1S/C18H29F2N3O3/c1-4-21-18(22-10-6-7-11-25-5-2)23-13-14-12-15(24-3)8-9-16(14)26-17(19)20/h8-9,12,17H,4-7,10-11,13H2,1-3H3,(H2,21,22,23). The van der Waals surface area contributed by atoms with Crippen molar-refractivity contribution in [3.8, 4) is 11.5 Å². The van der Waals surface area contributed by atoms with Crippen LogP contribution in [0, 0.1) is 0 Å². The Labute approximate surface area is 153 Å². The van der Waals surface area contributed by atoms with Crippen LogP contribution >= 0.6 is 0 Å². The van der Waals surface area contributed by atoms with E-state index in [9.17, 15) is 8.78 Å². The minimum atomic E-state index is -2.89. The molecule has 0 saturated carbocycles. The lowest BCUT2D eigenvalue weighted by Gasteiger charge is -2.13. The van der Waals surface area contributed by atoms with Crippen molar-refractivity contribution in [3.63, 3.8) is 0 Å². The second-order valence-electron chi connectivity index (χ2n) is 5.38. The van der Waals surface area contributed by atoms with Gasteiger partial charge in [0.25, 0.3) is 0 Å². The molecule has 6 nitrogen and oxygen atoms in total. The largest absolute Gasteiger partial charge is 0.497 e. The van der Waals surface area contributed by atoms with Gasteiger partial charge in [-0.2, -0.15) is 8.78 Å². The molecule has 0 aliphatic carbocycles. The maximum atomic E-state index is 12.6. The van der Waals surface area contributed by atoms with Crippen LogP contribution in [0.5, 0.6) is 11.5 Å². The lowest BCUT2D eigenvalue weighted by Crippen LogP contribution is -2.37. The molecule has 0 atom stereocenters. The monoisotopic (exact) mass is 373 g/mol. The lowest BCUT2D eigenvalue weighted by atomic mass is 10.2. The van der Waals surface area contributed by atoms with E-state index in [-0.39, 0.29) is 12.3 Å². The normalized spacial score (nSPS) is 11.5. The van der Waals surface area contributed by atoms with Gasteiger partial charge in [0.05, 0.1) is 13.7 Å². The fraction of sp³-hybridized carbons (Fsp3) is 0.611. The summed E-state index contributed by atoms with van der Waals surface area (Å²) in [5.74, 6) is 1.28. The van der Waals surface area contributed by atoms with E-state index in [1.54, 1.807) is 12.1 Å². The van der Waals surface area contributed by atoms with E-state index in [1.165, 1.54) is 13.2 Å². The number of unbranched alkanes of at least 4 members (excludes halogenated alkanes) is 1. The molecule has 0 amide bonds. The number of alkyl halides is 2. The third kappa shape index (κ3) is 8.84. The smallest absolute Gasteiger partial charge is 0.387 e. The summed E-state index contributed by atoms with van der Waals surface area (Å²) in [5.41, 5.74) is 0.526. The Hall–Kier alpha value is -2.09. The predicted molar refractivity (Wildman–Crippen MR) is 98.2 cm³/mol. The first kappa shape index (κ1) is 22.0. The molecule has 148 valence electrons. The highest BCUT2D eigenvalue weighted by atomic mass is 19.3. The molecule has 26 heavy (non-hydrogen) atoms. The van der Waals surface area contributed by atoms with Gasteiger partial charge in [-0.25, -0.2) is 4.99 Å². The van der Waals surface area contributed by atoms with Gasteiger partial charge in [-0.05, 0) is 44.9 Å². The Kier molecular flexibility index (Phi) is 11.1. The molecule has 0 aliphatic rings. The number of benzene rings is 1. The Morgan fingerprint density at radius 2 is 2.00 bits per heavy atom. The fourth-order valence-corrected chi connectivity index (χ4v) is 2.20. The Balaban J connectivity index is 2.69. The van der Waals surface area contributed by atoms with Crippen LogP contribution in [-0.4, -0.2) is 46.0 Å². The van der Waals surface area contributed by atoms with Gasteiger partial charge in [-0.1, -0.05) is 0 Å². The molecule has 1 rings (SSSR count). The number of nitrogens with one attached hydrogen (secondary N) is 2. The van der Waals surface area contributed by atoms with Crippen LogP contribution in [0.1, 0.15) is 32.3 Å². The second kappa shape index (κ2) is 13.2. The van der Waals surface area contributed by atoms with E-state index in [2.05, 4.69) is 20.4 Å². The zero-order valence-electron chi connectivity index (χ0n) is 15.7. The molecule has 0 fully saturated rings. The zero-order valence-corrected chi connectivity index (χ0v) is 15.7. The molecule has 0 heterocycles. The van der Waals surface area contributed by atoms with Gasteiger partial charge in [-0.3, -0.25) is 0 Å². The van der Waals surface area contributed by atoms with Gasteiger partial charge in [0, 0.05) is 31.9 Å². The number of halogens is 2. The minimum absolute atomic E-state index is 0.0945. The molecular weight excluding hydrogens is 344 g/mol. The summed E-state index contributed by atoms with van der Waals surface area (Å²) in [4.78, 5) is 4.44. The first-order valence-electron chi connectivity index (χ1n) is 8.82. The van der Waals surface area contributed by atoms with Crippen molar-refractivity contribution in [3.05, 3.63) is 23.8 Å². The molecule has 0 spiro atoms. The first-order valence-corrected chi connectivity index (χ1v) is 8.82. The van der Waals surface area contributed by atoms with Crippen LogP contribution in [0.2, 0.25) is 0 Å². The maximum absolute atomic E-state index is 12.6. The third-order valence-electron chi connectivity index (χ3n) is 3.45. The van der Waals surface area contributed by atoms with Crippen LogP contribution in [0.4, 0.5) is 8.78 Å². The molecule has 0 saturated heterocycles. The summed E-state index contributed by atoms with van der Waals surface area (Å²) in [5, 5.41) is 6.35. The highest BCUT2D eigenvalue weighted by molar-refractivity contribution is 5.79. The number of nitrogens with zero attached hydrogens (tertiary/aromatic N) is 1. The van der Waals surface area contributed by atoms with Gasteiger partial charge in [0.1, 0.15) is 11.5 Å². The van der Waals surface area contributed by atoms with Crippen molar-refractivity contribution in [2.75, 3.05) is 33.4 Å².